The van der Waals surface area contributed by atoms with Crippen molar-refractivity contribution in [3.05, 3.63) is 52.6 Å². The Morgan fingerprint density at radius 3 is 2.62 bits per heavy atom. The van der Waals surface area contributed by atoms with Crippen molar-refractivity contribution in [2.45, 2.75) is 31.7 Å². The summed E-state index contributed by atoms with van der Waals surface area (Å²) in [5.41, 5.74) is 0.771. The number of carbonyl (C=O) groups is 1. The molecule has 1 atom stereocenters. The maximum atomic E-state index is 13.4. The molecular weight excluding hydrogens is 316 g/mol. The molecule has 1 fully saturated rings. The third kappa shape index (κ3) is 3.20. The van der Waals surface area contributed by atoms with E-state index in [1.54, 1.807) is 37.5 Å². The molecule has 1 saturated heterocycles. The smallest absolute Gasteiger partial charge is 0.261 e. The van der Waals surface area contributed by atoms with E-state index in [-0.39, 0.29) is 24.9 Å². The average molecular weight is 333 g/mol. The molecule has 2 aromatic rings. The lowest BCUT2D eigenvalue weighted by atomic mass is 9.99. The molecule has 1 N–H and O–H groups in total. The third-order valence-electron chi connectivity index (χ3n) is 4.24. The number of carbonyl (C=O) groups excluding carboxylic acids is 1. The number of piperidine rings is 1. The van der Waals surface area contributed by atoms with Crippen LogP contribution < -0.4 is 5.56 Å². The highest BCUT2D eigenvalue weighted by molar-refractivity contribution is 5.94. The van der Waals surface area contributed by atoms with Crippen molar-refractivity contribution in [2.75, 3.05) is 6.54 Å². The van der Waals surface area contributed by atoms with E-state index in [0.29, 0.717) is 5.69 Å². The van der Waals surface area contributed by atoms with Crippen LogP contribution in [0.2, 0.25) is 0 Å². The van der Waals surface area contributed by atoms with E-state index >= 15 is 0 Å². The summed E-state index contributed by atoms with van der Waals surface area (Å²) in [6.07, 6.45) is 2.44. The van der Waals surface area contributed by atoms with Crippen LogP contribution in [0.15, 0.2) is 41.5 Å². The van der Waals surface area contributed by atoms with Gasteiger partial charge in [0.25, 0.3) is 17.4 Å². The van der Waals surface area contributed by atoms with Crippen LogP contribution in [0.4, 0.5) is 8.78 Å². The molecule has 7 heteroatoms. The van der Waals surface area contributed by atoms with Crippen molar-refractivity contribution in [2.24, 2.45) is 0 Å². The van der Waals surface area contributed by atoms with Crippen LogP contribution in [0, 0.1) is 0 Å². The molecule has 1 aliphatic heterocycles. The van der Waals surface area contributed by atoms with E-state index in [9.17, 15) is 18.4 Å². The molecule has 24 heavy (non-hydrogen) atoms. The van der Waals surface area contributed by atoms with Gasteiger partial charge in [-0.3, -0.25) is 14.6 Å². The highest BCUT2D eigenvalue weighted by atomic mass is 19.3. The summed E-state index contributed by atoms with van der Waals surface area (Å²) in [5.74, 6) is -3.27. The lowest BCUT2D eigenvalue weighted by molar-refractivity contribution is -0.0665. The van der Waals surface area contributed by atoms with Crippen molar-refractivity contribution in [3.8, 4) is 11.3 Å². The third-order valence-corrected chi connectivity index (χ3v) is 4.24. The van der Waals surface area contributed by atoms with Gasteiger partial charge in [0, 0.05) is 49.1 Å². The van der Waals surface area contributed by atoms with E-state index in [1.807, 2.05) is 0 Å². The van der Waals surface area contributed by atoms with Gasteiger partial charge in [-0.25, -0.2) is 8.78 Å². The molecule has 0 saturated carbocycles. The molecular formula is C17H17F2N3O2. The minimum Gasteiger partial charge on any atom is -0.335 e. The second kappa shape index (κ2) is 6.14. The van der Waals surface area contributed by atoms with Crippen molar-refractivity contribution >= 4 is 5.91 Å². The van der Waals surface area contributed by atoms with Crippen LogP contribution in [-0.4, -0.2) is 39.3 Å². The van der Waals surface area contributed by atoms with Gasteiger partial charge in [0.15, 0.2) is 0 Å². The fraction of sp³-hybridized carbons (Fsp3) is 0.353. The first-order chi connectivity index (χ1) is 11.4. The number of H-pyrrole nitrogens is 1. The van der Waals surface area contributed by atoms with Gasteiger partial charge >= 0.3 is 0 Å². The number of alkyl halides is 2. The molecule has 3 heterocycles. The number of hydrogen-bond acceptors (Lipinski definition) is 3. The molecule has 0 aliphatic carbocycles. The Labute approximate surface area is 137 Å². The average Bonchev–Trinajstić information content (AvgIpc) is 2.54. The van der Waals surface area contributed by atoms with Gasteiger partial charge in [0.1, 0.15) is 5.56 Å². The van der Waals surface area contributed by atoms with Crippen molar-refractivity contribution < 1.29 is 13.6 Å². The Morgan fingerprint density at radius 2 is 2.00 bits per heavy atom. The maximum Gasteiger partial charge on any atom is 0.261 e. The molecule has 1 unspecified atom stereocenters. The quantitative estimate of drug-likeness (QED) is 0.919. The van der Waals surface area contributed by atoms with E-state index in [0.717, 1.165) is 5.56 Å². The molecule has 0 spiro atoms. The number of nitrogens with one attached hydrogen (secondary N) is 1. The topological polar surface area (TPSA) is 66.1 Å². The van der Waals surface area contributed by atoms with Gasteiger partial charge in [-0.2, -0.15) is 0 Å². The van der Waals surface area contributed by atoms with Crippen LogP contribution in [0.1, 0.15) is 30.1 Å². The molecule has 3 rings (SSSR count). The van der Waals surface area contributed by atoms with E-state index in [1.165, 1.54) is 11.0 Å². The monoisotopic (exact) mass is 333 g/mol. The predicted molar refractivity (Wildman–Crippen MR) is 85.0 cm³/mol. The molecule has 0 radical (unpaired) electrons. The normalized spacial score (nSPS) is 20.0. The number of hydrogen-bond donors (Lipinski definition) is 1. The zero-order valence-electron chi connectivity index (χ0n) is 13.1. The van der Waals surface area contributed by atoms with Gasteiger partial charge in [0.05, 0.1) is 0 Å². The summed E-state index contributed by atoms with van der Waals surface area (Å²) < 4.78 is 26.8. The van der Waals surface area contributed by atoms with E-state index in [2.05, 4.69) is 9.97 Å². The molecule has 1 amide bonds. The van der Waals surface area contributed by atoms with Gasteiger partial charge in [-0.05, 0) is 31.2 Å². The van der Waals surface area contributed by atoms with Gasteiger partial charge in [-0.1, -0.05) is 0 Å². The van der Waals surface area contributed by atoms with Crippen molar-refractivity contribution in [1.82, 2.24) is 14.9 Å². The first-order valence-corrected chi connectivity index (χ1v) is 7.70. The van der Waals surface area contributed by atoms with Crippen LogP contribution in [-0.2, 0) is 0 Å². The van der Waals surface area contributed by atoms with Crippen LogP contribution >= 0.6 is 0 Å². The second-order valence-corrected chi connectivity index (χ2v) is 6.01. The Morgan fingerprint density at radius 1 is 1.29 bits per heavy atom. The zero-order chi connectivity index (χ0) is 17.3. The summed E-state index contributed by atoms with van der Waals surface area (Å²) in [5, 5.41) is 0. The van der Waals surface area contributed by atoms with Gasteiger partial charge < -0.3 is 9.88 Å². The number of halogens is 2. The van der Waals surface area contributed by atoms with E-state index < -0.39 is 23.4 Å². The molecule has 126 valence electrons. The second-order valence-electron chi connectivity index (χ2n) is 6.01. The summed E-state index contributed by atoms with van der Waals surface area (Å²) >= 11 is 0. The Kier molecular flexibility index (Phi) is 4.17. The zero-order valence-corrected chi connectivity index (χ0v) is 13.1. The first-order valence-electron chi connectivity index (χ1n) is 7.70. The predicted octanol–water partition coefficient (Wildman–Crippen LogP) is 2.70. The first kappa shape index (κ1) is 16.3. The molecule has 0 aromatic carbocycles. The number of rotatable bonds is 2. The molecule has 0 bridgehead atoms. The number of nitrogens with zero attached hydrogens (tertiary/aromatic N) is 2. The SMILES string of the molecule is CC1CC(F)(F)CCN1C(=O)c1ccc(-c2ccncc2)[nH]c1=O. The van der Waals surface area contributed by atoms with Crippen molar-refractivity contribution in [3.63, 3.8) is 0 Å². The summed E-state index contributed by atoms with van der Waals surface area (Å²) in [4.78, 5) is 32.7. The number of aromatic nitrogens is 2. The Balaban J connectivity index is 1.85. The van der Waals surface area contributed by atoms with Crippen LogP contribution in [0.5, 0.6) is 0 Å². The molecule has 5 nitrogen and oxygen atoms in total. The van der Waals surface area contributed by atoms with Gasteiger partial charge in [-0.15, -0.1) is 0 Å². The molecule has 2 aromatic heterocycles. The lowest BCUT2D eigenvalue weighted by Gasteiger charge is -2.37. The standard InChI is InChI=1S/C17H17F2N3O2/c1-11-10-17(18,19)6-9-22(11)16(24)13-2-3-14(21-15(13)23)12-4-7-20-8-5-12/h2-5,7-8,11H,6,9-10H2,1H3,(H,21,23). The minimum atomic E-state index is -2.76. The Bertz CT molecular complexity index is 805. The maximum absolute atomic E-state index is 13.4. The lowest BCUT2D eigenvalue weighted by Crippen LogP contribution is -2.49. The summed E-state index contributed by atoms with van der Waals surface area (Å²) in [7, 11) is 0. The largest absolute Gasteiger partial charge is 0.335 e. The van der Waals surface area contributed by atoms with Gasteiger partial charge in [0.2, 0.25) is 0 Å². The summed E-state index contributed by atoms with van der Waals surface area (Å²) in [6.45, 7) is 1.52. The molecule has 1 aliphatic rings. The fourth-order valence-electron chi connectivity index (χ4n) is 2.95. The highest BCUT2D eigenvalue weighted by Gasteiger charge is 2.40. The number of pyridine rings is 2. The van der Waals surface area contributed by atoms with E-state index in [4.69, 9.17) is 0 Å². The van der Waals surface area contributed by atoms with Crippen LogP contribution in [0.3, 0.4) is 0 Å². The number of amides is 1. The summed E-state index contributed by atoms with van der Waals surface area (Å²) in [6, 6.07) is 5.94. The highest BCUT2D eigenvalue weighted by Crippen LogP contribution is 2.32. The fourth-order valence-corrected chi connectivity index (χ4v) is 2.95. The van der Waals surface area contributed by atoms with Crippen molar-refractivity contribution in [1.29, 1.82) is 0 Å². The minimum absolute atomic E-state index is 0.0372. The number of likely N-dealkylation sites (tertiary alicyclic amines) is 1. The Hall–Kier alpha value is -2.57. The van der Waals surface area contributed by atoms with Crippen LogP contribution in [0.25, 0.3) is 11.3 Å². The number of aromatic amines is 1.